The SMILES string of the molecule is CCCCCCCCCCCCc1ccc(NCCNc2ccc(CCCCCCCCCCCC)cc2)cc1. The second kappa shape index (κ2) is 24.8. The van der Waals surface area contributed by atoms with Gasteiger partial charge < -0.3 is 10.6 Å². The molecule has 0 unspecified atom stereocenters. The van der Waals surface area contributed by atoms with Gasteiger partial charge in [-0.1, -0.05) is 154 Å². The Bertz CT molecular complexity index is 726. The van der Waals surface area contributed by atoms with Crippen LogP contribution in [-0.4, -0.2) is 13.1 Å². The van der Waals surface area contributed by atoms with E-state index in [0.29, 0.717) is 0 Å². The summed E-state index contributed by atoms with van der Waals surface area (Å²) in [5.41, 5.74) is 5.39. The van der Waals surface area contributed by atoms with Gasteiger partial charge in [-0.2, -0.15) is 0 Å². The summed E-state index contributed by atoms with van der Waals surface area (Å²) < 4.78 is 0. The number of benzene rings is 2. The van der Waals surface area contributed by atoms with E-state index < -0.39 is 0 Å². The Balaban J connectivity index is 1.44. The molecule has 2 N–H and O–H groups in total. The maximum atomic E-state index is 3.56. The first-order chi connectivity index (χ1) is 19.8. The molecule has 2 nitrogen and oxygen atoms in total. The Kier molecular flexibility index (Phi) is 21.2. The second-order valence-electron chi connectivity index (χ2n) is 12.1. The van der Waals surface area contributed by atoms with Crippen LogP contribution in [0.1, 0.15) is 153 Å². The minimum absolute atomic E-state index is 0.929. The van der Waals surface area contributed by atoms with E-state index in [-0.39, 0.29) is 0 Å². The van der Waals surface area contributed by atoms with E-state index in [1.54, 1.807) is 0 Å². The van der Waals surface area contributed by atoms with Gasteiger partial charge >= 0.3 is 0 Å². The quantitative estimate of drug-likeness (QED) is 0.108. The van der Waals surface area contributed by atoms with Crippen molar-refractivity contribution in [3.05, 3.63) is 59.7 Å². The van der Waals surface area contributed by atoms with Gasteiger partial charge in [0.1, 0.15) is 0 Å². The van der Waals surface area contributed by atoms with Crippen molar-refractivity contribution in [1.29, 1.82) is 0 Å². The van der Waals surface area contributed by atoms with Crippen molar-refractivity contribution in [2.45, 2.75) is 155 Å². The van der Waals surface area contributed by atoms with Crippen LogP contribution >= 0.6 is 0 Å². The fraction of sp³-hybridized carbons (Fsp3) is 0.684. The van der Waals surface area contributed by atoms with Crippen LogP contribution in [0.4, 0.5) is 11.4 Å². The van der Waals surface area contributed by atoms with E-state index in [1.807, 2.05) is 0 Å². The highest BCUT2D eigenvalue weighted by molar-refractivity contribution is 5.47. The van der Waals surface area contributed by atoms with Crippen molar-refractivity contribution in [3.8, 4) is 0 Å². The highest BCUT2D eigenvalue weighted by Crippen LogP contribution is 2.16. The van der Waals surface area contributed by atoms with Crippen molar-refractivity contribution in [2.75, 3.05) is 23.7 Å². The first-order valence-electron chi connectivity index (χ1n) is 17.5. The zero-order valence-corrected chi connectivity index (χ0v) is 26.6. The lowest BCUT2D eigenvalue weighted by atomic mass is 10.0. The zero-order chi connectivity index (χ0) is 28.4. The van der Waals surface area contributed by atoms with Gasteiger partial charge in [0.15, 0.2) is 0 Å². The van der Waals surface area contributed by atoms with E-state index >= 15 is 0 Å². The lowest BCUT2D eigenvalue weighted by Gasteiger charge is -2.10. The Morgan fingerprint density at radius 1 is 0.350 bits per heavy atom. The van der Waals surface area contributed by atoms with Gasteiger partial charge in [-0.25, -0.2) is 0 Å². The van der Waals surface area contributed by atoms with Crippen molar-refractivity contribution < 1.29 is 0 Å². The van der Waals surface area contributed by atoms with E-state index in [9.17, 15) is 0 Å². The number of aryl methyl sites for hydroxylation is 2. The van der Waals surface area contributed by atoms with E-state index in [4.69, 9.17) is 0 Å². The molecule has 0 aliphatic heterocycles. The van der Waals surface area contributed by atoms with Crippen LogP contribution in [0.15, 0.2) is 48.5 Å². The largest absolute Gasteiger partial charge is 0.383 e. The molecule has 0 amide bonds. The highest BCUT2D eigenvalue weighted by atomic mass is 14.9. The molecule has 0 saturated carbocycles. The summed E-state index contributed by atoms with van der Waals surface area (Å²) in [7, 11) is 0. The predicted octanol–water partition coefficient (Wildman–Crippen LogP) is 12.1. The number of unbranched alkanes of at least 4 members (excludes halogenated alkanes) is 18. The molecule has 0 aliphatic rings. The van der Waals surface area contributed by atoms with Gasteiger partial charge in [-0.05, 0) is 61.1 Å². The molecular formula is C38H64N2. The summed E-state index contributed by atoms with van der Waals surface area (Å²) in [6.45, 7) is 6.44. The van der Waals surface area contributed by atoms with Crippen LogP contribution < -0.4 is 10.6 Å². The van der Waals surface area contributed by atoms with Gasteiger partial charge in [-0.15, -0.1) is 0 Å². The van der Waals surface area contributed by atoms with Crippen LogP contribution in [0, 0.1) is 0 Å². The maximum absolute atomic E-state index is 3.56. The topological polar surface area (TPSA) is 24.1 Å². The minimum atomic E-state index is 0.929. The summed E-state index contributed by atoms with van der Waals surface area (Å²) >= 11 is 0. The Hall–Kier alpha value is -1.96. The average molecular weight is 549 g/mol. The van der Waals surface area contributed by atoms with Gasteiger partial charge in [0.2, 0.25) is 0 Å². The van der Waals surface area contributed by atoms with Crippen LogP contribution in [0.3, 0.4) is 0 Å². The second-order valence-corrected chi connectivity index (χ2v) is 12.1. The molecule has 2 aromatic carbocycles. The zero-order valence-electron chi connectivity index (χ0n) is 26.6. The van der Waals surface area contributed by atoms with Crippen molar-refractivity contribution >= 4 is 11.4 Å². The average Bonchev–Trinajstić information content (AvgIpc) is 2.98. The third-order valence-electron chi connectivity index (χ3n) is 8.33. The van der Waals surface area contributed by atoms with Crippen LogP contribution in [-0.2, 0) is 12.8 Å². The van der Waals surface area contributed by atoms with Crippen molar-refractivity contribution in [2.24, 2.45) is 0 Å². The number of anilines is 2. The summed E-state index contributed by atoms with van der Waals surface area (Å²) in [6.07, 6.45) is 30.5. The first-order valence-corrected chi connectivity index (χ1v) is 17.5. The smallest absolute Gasteiger partial charge is 0.0340 e. The molecule has 2 aromatic rings. The Morgan fingerprint density at radius 3 is 0.925 bits per heavy atom. The lowest BCUT2D eigenvalue weighted by molar-refractivity contribution is 0.556. The number of hydrogen-bond acceptors (Lipinski definition) is 2. The predicted molar refractivity (Wildman–Crippen MR) is 181 cm³/mol. The highest BCUT2D eigenvalue weighted by Gasteiger charge is 1.99. The van der Waals surface area contributed by atoms with E-state index in [1.165, 1.54) is 164 Å². The monoisotopic (exact) mass is 549 g/mol. The maximum Gasteiger partial charge on any atom is 0.0340 e. The third kappa shape index (κ3) is 18.4. The van der Waals surface area contributed by atoms with Crippen molar-refractivity contribution in [3.63, 3.8) is 0 Å². The van der Waals surface area contributed by atoms with E-state index in [2.05, 4.69) is 73.0 Å². The lowest BCUT2D eigenvalue weighted by Crippen LogP contribution is -2.13. The van der Waals surface area contributed by atoms with Crippen LogP contribution in [0.2, 0.25) is 0 Å². The van der Waals surface area contributed by atoms with Gasteiger partial charge in [0.05, 0.1) is 0 Å². The summed E-state index contributed by atoms with van der Waals surface area (Å²) in [5, 5.41) is 7.12. The summed E-state index contributed by atoms with van der Waals surface area (Å²) in [6, 6.07) is 18.2. The molecule has 2 heteroatoms. The van der Waals surface area contributed by atoms with Crippen molar-refractivity contribution in [1.82, 2.24) is 0 Å². The molecule has 0 radical (unpaired) electrons. The fourth-order valence-electron chi connectivity index (χ4n) is 5.63. The van der Waals surface area contributed by atoms with Gasteiger partial charge in [0, 0.05) is 24.5 Å². The molecule has 0 aliphatic carbocycles. The molecule has 0 saturated heterocycles. The molecular weight excluding hydrogens is 484 g/mol. The van der Waals surface area contributed by atoms with Crippen LogP contribution in [0.5, 0.6) is 0 Å². The Morgan fingerprint density at radius 2 is 0.625 bits per heavy atom. The molecule has 0 bridgehead atoms. The standard InChI is InChI=1S/C38H64N2/c1-3-5-7-9-11-13-15-17-19-21-23-35-25-29-37(30-26-35)39-33-34-40-38-31-27-36(28-32-38)24-22-20-18-16-14-12-10-8-6-4-2/h25-32,39-40H,3-24,33-34H2,1-2H3. The third-order valence-corrected chi connectivity index (χ3v) is 8.33. The Labute approximate surface area is 249 Å². The molecule has 0 heterocycles. The molecule has 0 fully saturated rings. The fourth-order valence-corrected chi connectivity index (χ4v) is 5.63. The number of hydrogen-bond donors (Lipinski definition) is 2. The van der Waals surface area contributed by atoms with Gasteiger partial charge in [-0.3, -0.25) is 0 Å². The number of nitrogens with one attached hydrogen (secondary N) is 2. The molecule has 0 aromatic heterocycles. The molecule has 2 rings (SSSR count). The first kappa shape index (κ1) is 34.2. The van der Waals surface area contributed by atoms with Gasteiger partial charge in [0.25, 0.3) is 0 Å². The van der Waals surface area contributed by atoms with Crippen LogP contribution in [0.25, 0.3) is 0 Å². The van der Waals surface area contributed by atoms with E-state index in [0.717, 1.165) is 13.1 Å². The molecule has 0 spiro atoms. The summed E-state index contributed by atoms with van der Waals surface area (Å²) in [5.74, 6) is 0. The molecule has 0 atom stereocenters. The number of rotatable bonds is 27. The summed E-state index contributed by atoms with van der Waals surface area (Å²) in [4.78, 5) is 0. The molecule has 40 heavy (non-hydrogen) atoms. The normalized spacial score (nSPS) is 11.2. The molecule has 226 valence electrons. The minimum Gasteiger partial charge on any atom is -0.383 e.